The number of Topliss-reactive ketones (excluding diaryl/α,β-unsaturated/α-hetero) is 1. The number of unbranched alkanes of at least 4 members (excludes halogenated alkanes) is 1. The van der Waals surface area contributed by atoms with Crippen molar-refractivity contribution >= 4 is 17.8 Å². The van der Waals surface area contributed by atoms with Crippen molar-refractivity contribution in [1.29, 1.82) is 0 Å². The number of carbonyl (C=O) groups excluding carboxylic acids is 3. The highest BCUT2D eigenvalue weighted by atomic mass is 16.6. The minimum Gasteiger partial charge on any atom is -0.454 e. The maximum Gasteiger partial charge on any atom is 0.407 e. The Morgan fingerprint density at radius 3 is 2.05 bits per heavy atom. The topological polar surface area (TPSA) is 93.7 Å². The maximum atomic E-state index is 13.1. The van der Waals surface area contributed by atoms with Crippen molar-refractivity contribution < 1.29 is 23.9 Å². The number of benzene rings is 3. The molecule has 2 N–H and O–H groups in total. The minimum atomic E-state index is -0.816. The summed E-state index contributed by atoms with van der Waals surface area (Å²) in [5.74, 6) is -0.993. The molecule has 7 nitrogen and oxygen atoms in total. The molecule has 0 heterocycles. The number of amides is 1. The van der Waals surface area contributed by atoms with Crippen LogP contribution in [0, 0.1) is 13.8 Å². The zero-order valence-electron chi connectivity index (χ0n) is 22.8. The molecule has 0 fully saturated rings. The number of hydrogen-bond acceptors (Lipinski definition) is 6. The van der Waals surface area contributed by atoms with Gasteiger partial charge in [0.05, 0.1) is 11.6 Å². The van der Waals surface area contributed by atoms with Gasteiger partial charge in [-0.1, -0.05) is 66.7 Å². The maximum absolute atomic E-state index is 13.1. The van der Waals surface area contributed by atoms with E-state index in [0.29, 0.717) is 18.4 Å². The molecule has 1 aliphatic carbocycles. The lowest BCUT2D eigenvalue weighted by molar-refractivity contribution is -0.124. The molecule has 1 amide bonds. The SMILES string of the molecule is CNCCCCC(NC(=O)OCC1c2ccccc2-c2ccccc21)C(=O)COC(=O)c1c(C)cccc1C. The van der Waals surface area contributed by atoms with Gasteiger partial charge in [0.15, 0.2) is 12.4 Å². The molecule has 1 atom stereocenters. The third-order valence-electron chi connectivity index (χ3n) is 7.22. The van der Waals surface area contributed by atoms with Crippen molar-refractivity contribution in [2.24, 2.45) is 0 Å². The summed E-state index contributed by atoms with van der Waals surface area (Å²) >= 11 is 0. The molecule has 0 saturated heterocycles. The van der Waals surface area contributed by atoms with Crippen LogP contribution in [-0.2, 0) is 14.3 Å². The zero-order valence-corrected chi connectivity index (χ0v) is 22.8. The molecule has 1 aliphatic rings. The normalized spacial score (nSPS) is 12.8. The first-order chi connectivity index (χ1) is 18.9. The van der Waals surface area contributed by atoms with E-state index in [1.165, 1.54) is 0 Å². The van der Waals surface area contributed by atoms with Gasteiger partial charge in [0.2, 0.25) is 0 Å². The van der Waals surface area contributed by atoms with Crippen LogP contribution in [-0.4, -0.2) is 50.7 Å². The van der Waals surface area contributed by atoms with Gasteiger partial charge in [-0.2, -0.15) is 0 Å². The van der Waals surface area contributed by atoms with Crippen LogP contribution in [0.4, 0.5) is 4.79 Å². The quantitative estimate of drug-likeness (QED) is 0.244. The Kier molecular flexibility index (Phi) is 9.49. The fraction of sp³-hybridized carbons (Fsp3) is 0.344. The van der Waals surface area contributed by atoms with Crippen molar-refractivity contribution in [3.8, 4) is 11.1 Å². The van der Waals surface area contributed by atoms with Crippen LogP contribution in [0.2, 0.25) is 0 Å². The van der Waals surface area contributed by atoms with Crippen LogP contribution in [0.1, 0.15) is 57.8 Å². The van der Waals surface area contributed by atoms with Gasteiger partial charge >= 0.3 is 12.1 Å². The predicted octanol–water partition coefficient (Wildman–Crippen LogP) is 5.33. The first kappa shape index (κ1) is 28.0. The number of carbonyl (C=O) groups is 3. The third kappa shape index (κ3) is 6.73. The number of aryl methyl sites for hydroxylation is 2. The summed E-state index contributed by atoms with van der Waals surface area (Å²) in [5, 5.41) is 5.81. The highest BCUT2D eigenvalue weighted by Crippen LogP contribution is 2.44. The molecule has 39 heavy (non-hydrogen) atoms. The molecule has 0 bridgehead atoms. The highest BCUT2D eigenvalue weighted by molar-refractivity contribution is 5.95. The fourth-order valence-corrected chi connectivity index (χ4v) is 5.19. The first-order valence-electron chi connectivity index (χ1n) is 13.4. The number of alkyl carbamates (subject to hydrolysis) is 1. The molecule has 0 aliphatic heterocycles. The Morgan fingerprint density at radius 2 is 1.44 bits per heavy atom. The summed E-state index contributed by atoms with van der Waals surface area (Å²) in [5.41, 5.74) is 6.55. The second-order valence-corrected chi connectivity index (χ2v) is 9.93. The molecule has 3 aromatic carbocycles. The number of ketones is 1. The van der Waals surface area contributed by atoms with Gasteiger partial charge in [0, 0.05) is 5.92 Å². The Hall–Kier alpha value is -3.97. The van der Waals surface area contributed by atoms with Gasteiger partial charge in [-0.05, 0) is 80.1 Å². The number of nitrogens with one attached hydrogen (secondary N) is 2. The second kappa shape index (κ2) is 13.2. The summed E-state index contributed by atoms with van der Waals surface area (Å²) in [7, 11) is 1.87. The van der Waals surface area contributed by atoms with Crippen molar-refractivity contribution in [1.82, 2.24) is 10.6 Å². The van der Waals surface area contributed by atoms with E-state index >= 15 is 0 Å². The van der Waals surface area contributed by atoms with Crippen LogP contribution >= 0.6 is 0 Å². The van der Waals surface area contributed by atoms with Crippen molar-refractivity contribution in [3.63, 3.8) is 0 Å². The second-order valence-electron chi connectivity index (χ2n) is 9.93. The molecule has 4 rings (SSSR count). The van der Waals surface area contributed by atoms with Crippen LogP contribution < -0.4 is 10.6 Å². The van der Waals surface area contributed by atoms with Gasteiger partial charge in [-0.25, -0.2) is 9.59 Å². The lowest BCUT2D eigenvalue weighted by Crippen LogP contribution is -2.43. The minimum absolute atomic E-state index is 0.0776. The molecule has 0 saturated carbocycles. The number of rotatable bonds is 12. The first-order valence-corrected chi connectivity index (χ1v) is 13.4. The predicted molar refractivity (Wildman–Crippen MR) is 151 cm³/mol. The number of fused-ring (bicyclic) bond motifs is 3. The van der Waals surface area contributed by atoms with Crippen LogP contribution in [0.5, 0.6) is 0 Å². The van der Waals surface area contributed by atoms with E-state index in [-0.39, 0.29) is 18.3 Å². The van der Waals surface area contributed by atoms with E-state index in [9.17, 15) is 14.4 Å². The van der Waals surface area contributed by atoms with E-state index in [1.54, 1.807) is 0 Å². The average molecular weight is 529 g/mol. The molecular weight excluding hydrogens is 492 g/mol. The van der Waals surface area contributed by atoms with Crippen molar-refractivity contribution in [2.45, 2.75) is 45.1 Å². The summed E-state index contributed by atoms with van der Waals surface area (Å²) in [6.07, 6.45) is 1.32. The average Bonchev–Trinajstić information content (AvgIpc) is 3.25. The Balaban J connectivity index is 1.38. The summed E-state index contributed by atoms with van der Waals surface area (Å²) in [6, 6.07) is 20.9. The number of ether oxygens (including phenoxy) is 2. The monoisotopic (exact) mass is 528 g/mol. The van der Waals surface area contributed by atoms with Crippen LogP contribution in [0.25, 0.3) is 11.1 Å². The standard InChI is InChI=1S/C32H36N2O5/c1-21-11-10-12-22(2)30(21)31(36)38-20-29(35)28(17-8-9-18-33-3)34-32(37)39-19-27-25-15-6-4-13-23(25)24-14-5-7-16-26(24)27/h4-7,10-16,27-28,33H,8-9,17-20H2,1-3H3,(H,34,37). The molecule has 0 spiro atoms. The molecule has 1 unspecified atom stereocenters. The molecule has 0 radical (unpaired) electrons. The summed E-state index contributed by atoms with van der Waals surface area (Å²) in [6.45, 7) is 4.19. The number of esters is 1. The number of hydrogen-bond donors (Lipinski definition) is 2. The van der Waals surface area contributed by atoms with Crippen molar-refractivity contribution in [3.05, 3.63) is 94.5 Å². The third-order valence-corrected chi connectivity index (χ3v) is 7.22. The Bertz CT molecular complexity index is 1270. The van der Waals surface area contributed by atoms with E-state index in [2.05, 4.69) is 34.9 Å². The molecule has 7 heteroatoms. The van der Waals surface area contributed by atoms with Gasteiger partial charge in [0.1, 0.15) is 6.61 Å². The molecule has 0 aromatic heterocycles. The highest BCUT2D eigenvalue weighted by Gasteiger charge is 2.30. The smallest absolute Gasteiger partial charge is 0.407 e. The summed E-state index contributed by atoms with van der Waals surface area (Å²) in [4.78, 5) is 38.6. The van der Waals surface area contributed by atoms with Crippen molar-refractivity contribution in [2.75, 3.05) is 26.8 Å². The Labute approximate surface area is 229 Å². The fourth-order valence-electron chi connectivity index (χ4n) is 5.19. The molecule has 3 aromatic rings. The molecular formula is C32H36N2O5. The van der Waals surface area contributed by atoms with Crippen LogP contribution in [0.3, 0.4) is 0 Å². The Morgan fingerprint density at radius 1 is 0.821 bits per heavy atom. The van der Waals surface area contributed by atoms with E-state index in [1.807, 2.05) is 63.4 Å². The largest absolute Gasteiger partial charge is 0.454 e. The van der Waals surface area contributed by atoms with Gasteiger partial charge < -0.3 is 20.1 Å². The zero-order chi connectivity index (χ0) is 27.8. The van der Waals surface area contributed by atoms with Crippen LogP contribution in [0.15, 0.2) is 66.7 Å². The van der Waals surface area contributed by atoms with Gasteiger partial charge in [-0.15, -0.1) is 0 Å². The van der Waals surface area contributed by atoms with Gasteiger partial charge in [-0.3, -0.25) is 4.79 Å². The van der Waals surface area contributed by atoms with E-state index in [4.69, 9.17) is 9.47 Å². The lowest BCUT2D eigenvalue weighted by atomic mass is 9.98. The van der Waals surface area contributed by atoms with E-state index < -0.39 is 24.7 Å². The lowest BCUT2D eigenvalue weighted by Gasteiger charge is -2.19. The van der Waals surface area contributed by atoms with E-state index in [0.717, 1.165) is 46.3 Å². The molecule has 204 valence electrons. The summed E-state index contributed by atoms with van der Waals surface area (Å²) < 4.78 is 11.0. The van der Waals surface area contributed by atoms with Gasteiger partial charge in [0.25, 0.3) is 0 Å².